The fraction of sp³-hybridized carbons (Fsp3) is 0.407. The summed E-state index contributed by atoms with van der Waals surface area (Å²) >= 11 is 0. The van der Waals surface area contributed by atoms with E-state index in [1.165, 1.54) is 62.6 Å². The van der Waals surface area contributed by atoms with Crippen molar-refractivity contribution in [1.29, 1.82) is 0 Å². The Morgan fingerprint density at radius 3 is 2.21 bits per heavy atom. The number of sulfonamides is 1. The first kappa shape index (κ1) is 27.4. The van der Waals surface area contributed by atoms with Gasteiger partial charge in [0.05, 0.1) is 56.0 Å². The molecule has 0 saturated carbocycles. The molecule has 2 aromatic rings. The van der Waals surface area contributed by atoms with Crippen LogP contribution in [0.5, 0.6) is 0 Å². The molecule has 2 N–H and O–H groups in total. The van der Waals surface area contributed by atoms with Gasteiger partial charge in [-0.3, -0.25) is 9.59 Å². The third-order valence-electron chi connectivity index (χ3n) is 7.37. The zero-order valence-corrected chi connectivity index (χ0v) is 22.2. The van der Waals surface area contributed by atoms with Crippen LogP contribution < -0.4 is 4.90 Å². The van der Waals surface area contributed by atoms with Crippen molar-refractivity contribution in [3.8, 4) is 0 Å². The number of quaternary nitrogens is 1. The fourth-order valence-electron chi connectivity index (χ4n) is 5.17. The number of hydrogen-bond donors (Lipinski definition) is 2. The molecule has 0 aromatic heterocycles. The number of carbonyl (C=O) groups is 2. The number of carbonyl (C=O) groups excluding carboxylic acids is 2. The summed E-state index contributed by atoms with van der Waals surface area (Å²) in [5.41, 5.74) is 0.563. The number of nitrogens with zero attached hydrogens (tertiary/aromatic N) is 2. The molecule has 0 spiro atoms. The largest absolute Gasteiger partial charge is 0.507 e. The van der Waals surface area contributed by atoms with Crippen LogP contribution in [0.15, 0.2) is 59.0 Å². The molecule has 3 aliphatic rings. The smallest absolute Gasteiger partial charge is 0.295 e. The molecule has 39 heavy (non-hydrogen) atoms. The number of rotatable bonds is 7. The Balaban J connectivity index is 1.47. The summed E-state index contributed by atoms with van der Waals surface area (Å²) in [6, 6.07) is 10.1. The summed E-state index contributed by atoms with van der Waals surface area (Å²) in [7, 11) is -3.75. The summed E-state index contributed by atoms with van der Waals surface area (Å²) in [5.74, 6) is -2.47. The van der Waals surface area contributed by atoms with Gasteiger partial charge in [0.15, 0.2) is 0 Å². The van der Waals surface area contributed by atoms with Gasteiger partial charge in [0, 0.05) is 18.7 Å². The molecule has 12 heteroatoms. The Morgan fingerprint density at radius 2 is 1.56 bits per heavy atom. The fourth-order valence-corrected chi connectivity index (χ4v) is 6.58. The lowest BCUT2D eigenvalue weighted by atomic mass is 9.95. The van der Waals surface area contributed by atoms with Gasteiger partial charge >= 0.3 is 0 Å². The zero-order valence-electron chi connectivity index (χ0n) is 21.3. The van der Waals surface area contributed by atoms with Gasteiger partial charge in [-0.1, -0.05) is 12.1 Å². The molecule has 1 atom stereocenters. The number of ether oxygens (including phenoxy) is 2. The Morgan fingerprint density at radius 1 is 0.949 bits per heavy atom. The summed E-state index contributed by atoms with van der Waals surface area (Å²) in [6.07, 6.45) is 0. The first-order valence-electron chi connectivity index (χ1n) is 12.9. The van der Waals surface area contributed by atoms with Gasteiger partial charge < -0.3 is 24.4 Å². The molecule has 208 valence electrons. The Labute approximate surface area is 226 Å². The number of likely N-dealkylation sites (tertiary alicyclic amines) is 1. The molecule has 5 rings (SSSR count). The highest BCUT2D eigenvalue weighted by Crippen LogP contribution is 2.39. The monoisotopic (exact) mass is 560 g/mol. The molecule has 0 radical (unpaired) electrons. The SMILES string of the molecule is O=C1C(=O)N(CC[NH+]2CCOCC2)[C@H](c2ccc(F)cc2)C1=C(O)c1ccc(S(=O)(=O)N2CCOCC2)cc1. The maximum absolute atomic E-state index is 13.7. The number of halogens is 1. The number of morpholine rings is 2. The molecule has 0 unspecified atom stereocenters. The molecule has 3 heterocycles. The summed E-state index contributed by atoms with van der Waals surface area (Å²) < 4.78 is 51.6. The highest BCUT2D eigenvalue weighted by Gasteiger charge is 2.46. The predicted molar refractivity (Wildman–Crippen MR) is 138 cm³/mol. The minimum absolute atomic E-state index is 0.0463. The van der Waals surface area contributed by atoms with E-state index in [4.69, 9.17) is 9.47 Å². The highest BCUT2D eigenvalue weighted by molar-refractivity contribution is 7.89. The van der Waals surface area contributed by atoms with Crippen LogP contribution in [-0.4, -0.2) is 100 Å². The predicted octanol–water partition coefficient (Wildman–Crippen LogP) is 0.183. The maximum atomic E-state index is 13.7. The quantitative estimate of drug-likeness (QED) is 0.282. The molecule has 3 saturated heterocycles. The average Bonchev–Trinajstić information content (AvgIpc) is 3.22. The number of nitrogens with one attached hydrogen (secondary N) is 1. The number of benzene rings is 2. The van der Waals surface area contributed by atoms with E-state index in [9.17, 15) is 27.5 Å². The van der Waals surface area contributed by atoms with Crippen LogP contribution in [0.25, 0.3) is 5.76 Å². The van der Waals surface area contributed by atoms with Gasteiger partial charge in [-0.2, -0.15) is 4.31 Å². The van der Waals surface area contributed by atoms with Crippen LogP contribution >= 0.6 is 0 Å². The molecule has 10 nitrogen and oxygen atoms in total. The van der Waals surface area contributed by atoms with Gasteiger partial charge in [-0.05, 0) is 42.0 Å². The molecular weight excluding hydrogens is 529 g/mol. The zero-order chi connectivity index (χ0) is 27.6. The second kappa shape index (κ2) is 11.5. The Bertz CT molecular complexity index is 1350. The van der Waals surface area contributed by atoms with Crippen molar-refractivity contribution < 1.29 is 41.9 Å². The number of ketones is 1. The first-order chi connectivity index (χ1) is 18.8. The second-order valence-corrected chi connectivity index (χ2v) is 11.6. The summed E-state index contributed by atoms with van der Waals surface area (Å²) in [4.78, 5) is 29.1. The standard InChI is InChI=1S/C27H30FN3O7S/c28-21-5-1-19(2-6-21)24-23(26(33)27(34)31(24)10-9-29-11-15-37-16-12-29)25(32)20-3-7-22(8-4-20)39(35,36)30-13-17-38-18-14-30/h1-8,24,32H,9-18H2/p+1/t24-/m1/s1. The van der Waals surface area contributed by atoms with Crippen molar-refractivity contribution in [3.05, 3.63) is 71.0 Å². The van der Waals surface area contributed by atoms with E-state index in [1.54, 1.807) is 0 Å². The lowest BCUT2D eigenvalue weighted by Gasteiger charge is -2.29. The molecular formula is C27H31FN3O7S+. The number of aliphatic hydroxyl groups is 1. The number of hydrogen-bond acceptors (Lipinski definition) is 7. The van der Waals surface area contributed by atoms with Crippen LogP contribution in [-0.2, 0) is 29.1 Å². The normalized spacial score (nSPS) is 22.9. The Kier molecular flexibility index (Phi) is 8.10. The van der Waals surface area contributed by atoms with Gasteiger partial charge in [0.25, 0.3) is 11.7 Å². The average molecular weight is 561 g/mol. The van der Waals surface area contributed by atoms with Gasteiger partial charge in [0.1, 0.15) is 24.7 Å². The highest BCUT2D eigenvalue weighted by atomic mass is 32.2. The summed E-state index contributed by atoms with van der Waals surface area (Å²) in [6.45, 7) is 4.77. The molecule has 1 amide bonds. The molecule has 3 aliphatic heterocycles. The first-order valence-corrected chi connectivity index (χ1v) is 14.3. The van der Waals surface area contributed by atoms with Crippen LogP contribution in [0.1, 0.15) is 17.2 Å². The molecule has 3 fully saturated rings. The number of aliphatic hydroxyl groups excluding tert-OH is 1. The van der Waals surface area contributed by atoms with E-state index < -0.39 is 39.3 Å². The van der Waals surface area contributed by atoms with E-state index in [2.05, 4.69) is 0 Å². The van der Waals surface area contributed by atoms with Gasteiger partial charge in [-0.25, -0.2) is 12.8 Å². The van der Waals surface area contributed by atoms with Crippen molar-refractivity contribution in [3.63, 3.8) is 0 Å². The van der Waals surface area contributed by atoms with E-state index in [0.29, 0.717) is 38.5 Å². The van der Waals surface area contributed by atoms with Gasteiger partial charge in [0.2, 0.25) is 10.0 Å². The van der Waals surface area contributed by atoms with E-state index in [0.717, 1.165) is 13.1 Å². The van der Waals surface area contributed by atoms with Crippen LogP contribution in [0.2, 0.25) is 0 Å². The van der Waals surface area contributed by atoms with Crippen LogP contribution in [0.3, 0.4) is 0 Å². The molecule has 0 bridgehead atoms. The minimum atomic E-state index is -3.75. The Hall–Kier alpha value is -3.16. The number of Topliss-reactive ketones (excluding diaryl/α,β-unsaturated/α-hetero) is 1. The van der Waals surface area contributed by atoms with Crippen molar-refractivity contribution in [2.45, 2.75) is 10.9 Å². The third-order valence-corrected chi connectivity index (χ3v) is 9.28. The second-order valence-electron chi connectivity index (χ2n) is 9.70. The number of amides is 1. The molecule has 0 aliphatic carbocycles. The van der Waals surface area contributed by atoms with Crippen molar-refractivity contribution in [2.75, 3.05) is 65.7 Å². The third kappa shape index (κ3) is 5.61. The van der Waals surface area contributed by atoms with E-state index >= 15 is 0 Å². The summed E-state index contributed by atoms with van der Waals surface area (Å²) in [5, 5.41) is 11.3. The van der Waals surface area contributed by atoms with Crippen LogP contribution in [0, 0.1) is 5.82 Å². The van der Waals surface area contributed by atoms with Crippen molar-refractivity contribution >= 4 is 27.5 Å². The topological polar surface area (TPSA) is 118 Å². The van der Waals surface area contributed by atoms with Crippen molar-refractivity contribution in [2.24, 2.45) is 0 Å². The van der Waals surface area contributed by atoms with E-state index in [-0.39, 0.29) is 35.7 Å². The van der Waals surface area contributed by atoms with Crippen LogP contribution in [0.4, 0.5) is 4.39 Å². The van der Waals surface area contributed by atoms with E-state index in [1.807, 2.05) is 0 Å². The van der Waals surface area contributed by atoms with Gasteiger partial charge in [-0.15, -0.1) is 0 Å². The van der Waals surface area contributed by atoms with Crippen molar-refractivity contribution in [1.82, 2.24) is 9.21 Å². The maximum Gasteiger partial charge on any atom is 0.295 e. The molecule has 2 aromatic carbocycles. The minimum Gasteiger partial charge on any atom is -0.507 e. The lowest BCUT2D eigenvalue weighted by molar-refractivity contribution is -0.907. The lowest BCUT2D eigenvalue weighted by Crippen LogP contribution is -3.14.